The number of fused-ring (bicyclic) bond motifs is 1. The van der Waals surface area contributed by atoms with Crippen LogP contribution in [0, 0.1) is 6.92 Å². The monoisotopic (exact) mass is 418 g/mol. The standard InChI is InChI=1S/C24H26N4OS/c1-18-8-10-20(11-9-18)16-25-17-21-22(26-24-28(21)14-15-30-24)23(29)27(2)13-12-19-6-4-3-5-7-19/h3-11,14-15,25H,12-13,16-17H2,1-2H3. The van der Waals surface area contributed by atoms with E-state index < -0.39 is 0 Å². The summed E-state index contributed by atoms with van der Waals surface area (Å²) in [6.45, 7) is 4.07. The summed E-state index contributed by atoms with van der Waals surface area (Å²) in [5.74, 6) is -0.0334. The molecule has 2 heterocycles. The molecule has 5 nitrogen and oxygen atoms in total. The normalized spacial score (nSPS) is 11.1. The van der Waals surface area contributed by atoms with E-state index in [2.05, 4.69) is 53.6 Å². The Kier molecular flexibility index (Phi) is 6.26. The number of rotatable bonds is 8. The molecule has 6 heteroatoms. The van der Waals surface area contributed by atoms with Crippen molar-refractivity contribution in [3.8, 4) is 0 Å². The molecule has 0 saturated heterocycles. The van der Waals surface area contributed by atoms with Crippen molar-refractivity contribution >= 4 is 22.2 Å². The Hall–Kier alpha value is -2.96. The summed E-state index contributed by atoms with van der Waals surface area (Å²) in [6.07, 6.45) is 2.81. The minimum absolute atomic E-state index is 0.0334. The summed E-state index contributed by atoms with van der Waals surface area (Å²) in [7, 11) is 1.85. The largest absolute Gasteiger partial charge is 0.340 e. The number of imidazole rings is 1. The summed E-state index contributed by atoms with van der Waals surface area (Å²) < 4.78 is 2.02. The quantitative estimate of drug-likeness (QED) is 0.464. The first-order valence-electron chi connectivity index (χ1n) is 10.1. The summed E-state index contributed by atoms with van der Waals surface area (Å²) in [4.78, 5) is 20.4. The molecule has 1 amide bonds. The summed E-state index contributed by atoms with van der Waals surface area (Å²) in [6, 6.07) is 18.7. The number of aromatic nitrogens is 2. The highest BCUT2D eigenvalue weighted by atomic mass is 32.1. The number of likely N-dealkylation sites (N-methyl/N-ethyl adjacent to an activating group) is 1. The molecule has 4 aromatic rings. The molecular formula is C24H26N4OS. The molecule has 0 radical (unpaired) electrons. The Bertz CT molecular complexity index is 1120. The zero-order chi connectivity index (χ0) is 20.9. The van der Waals surface area contributed by atoms with Crippen molar-refractivity contribution in [1.82, 2.24) is 19.6 Å². The van der Waals surface area contributed by atoms with Crippen LogP contribution in [0.1, 0.15) is 32.9 Å². The minimum Gasteiger partial charge on any atom is -0.340 e. The van der Waals surface area contributed by atoms with Crippen LogP contribution in [-0.4, -0.2) is 33.8 Å². The van der Waals surface area contributed by atoms with Gasteiger partial charge >= 0.3 is 0 Å². The summed E-state index contributed by atoms with van der Waals surface area (Å²) in [5, 5.41) is 5.47. The molecule has 0 aliphatic heterocycles. The molecule has 4 rings (SSSR count). The Morgan fingerprint density at radius 2 is 1.83 bits per heavy atom. The van der Waals surface area contributed by atoms with Gasteiger partial charge in [-0.25, -0.2) is 4.98 Å². The number of nitrogens with zero attached hydrogens (tertiary/aromatic N) is 3. The van der Waals surface area contributed by atoms with E-state index in [0.29, 0.717) is 18.8 Å². The van der Waals surface area contributed by atoms with Crippen LogP contribution in [0.4, 0.5) is 0 Å². The van der Waals surface area contributed by atoms with Gasteiger partial charge in [0, 0.05) is 38.3 Å². The molecule has 0 bridgehead atoms. The van der Waals surface area contributed by atoms with E-state index in [-0.39, 0.29) is 5.91 Å². The highest BCUT2D eigenvalue weighted by Crippen LogP contribution is 2.19. The number of nitrogens with one attached hydrogen (secondary N) is 1. The summed E-state index contributed by atoms with van der Waals surface area (Å²) in [5.41, 5.74) is 5.15. The molecule has 2 aromatic carbocycles. The minimum atomic E-state index is -0.0334. The highest BCUT2D eigenvalue weighted by Gasteiger charge is 2.22. The van der Waals surface area contributed by atoms with Crippen LogP contribution in [0.15, 0.2) is 66.2 Å². The third kappa shape index (κ3) is 4.61. The van der Waals surface area contributed by atoms with Gasteiger partial charge in [0.05, 0.1) is 5.69 Å². The van der Waals surface area contributed by atoms with Gasteiger partial charge in [-0.1, -0.05) is 60.2 Å². The van der Waals surface area contributed by atoms with Gasteiger partial charge in [-0.15, -0.1) is 11.3 Å². The number of amides is 1. The van der Waals surface area contributed by atoms with E-state index in [1.54, 1.807) is 16.2 Å². The first kappa shape index (κ1) is 20.3. The van der Waals surface area contributed by atoms with Crippen LogP contribution in [0.25, 0.3) is 4.96 Å². The molecule has 2 aromatic heterocycles. The second kappa shape index (κ2) is 9.24. The Labute approximate surface area is 181 Å². The third-order valence-corrected chi connectivity index (χ3v) is 5.99. The molecule has 0 spiro atoms. The SMILES string of the molecule is Cc1ccc(CNCc2c(C(=O)N(C)CCc3ccccc3)nc3sccn23)cc1. The lowest BCUT2D eigenvalue weighted by molar-refractivity contribution is 0.0790. The maximum absolute atomic E-state index is 13.2. The van der Waals surface area contributed by atoms with Crippen molar-refractivity contribution in [2.75, 3.05) is 13.6 Å². The van der Waals surface area contributed by atoms with Crippen LogP contribution in [0.3, 0.4) is 0 Å². The van der Waals surface area contributed by atoms with Gasteiger partial charge in [0.25, 0.3) is 5.91 Å². The third-order valence-electron chi connectivity index (χ3n) is 5.23. The van der Waals surface area contributed by atoms with Crippen LogP contribution in [-0.2, 0) is 19.5 Å². The second-order valence-electron chi connectivity index (χ2n) is 7.51. The molecule has 1 N–H and O–H groups in total. The lowest BCUT2D eigenvalue weighted by Gasteiger charge is -2.17. The number of thiazole rings is 1. The van der Waals surface area contributed by atoms with Crippen molar-refractivity contribution in [2.24, 2.45) is 0 Å². The van der Waals surface area contributed by atoms with Crippen LogP contribution in [0.2, 0.25) is 0 Å². The molecule has 0 saturated carbocycles. The zero-order valence-electron chi connectivity index (χ0n) is 17.3. The van der Waals surface area contributed by atoms with E-state index in [0.717, 1.165) is 23.6 Å². The topological polar surface area (TPSA) is 49.6 Å². The first-order valence-corrected chi connectivity index (χ1v) is 11.0. The average molecular weight is 419 g/mol. The van der Waals surface area contributed by atoms with E-state index in [9.17, 15) is 4.79 Å². The predicted molar refractivity (Wildman–Crippen MR) is 122 cm³/mol. The fourth-order valence-electron chi connectivity index (χ4n) is 3.43. The number of benzene rings is 2. The molecule has 154 valence electrons. The molecule has 0 atom stereocenters. The fraction of sp³-hybridized carbons (Fsp3) is 0.250. The number of carbonyl (C=O) groups is 1. The number of hydrogen-bond donors (Lipinski definition) is 1. The summed E-state index contributed by atoms with van der Waals surface area (Å²) >= 11 is 1.55. The maximum Gasteiger partial charge on any atom is 0.274 e. The lowest BCUT2D eigenvalue weighted by atomic mass is 10.1. The number of carbonyl (C=O) groups excluding carboxylic acids is 1. The fourth-order valence-corrected chi connectivity index (χ4v) is 4.16. The molecular weight excluding hydrogens is 392 g/mol. The highest BCUT2D eigenvalue weighted by molar-refractivity contribution is 7.15. The van der Waals surface area contributed by atoms with Crippen molar-refractivity contribution in [3.05, 3.63) is 94.3 Å². The molecule has 0 unspecified atom stereocenters. The Morgan fingerprint density at radius 1 is 1.07 bits per heavy atom. The van der Waals surface area contributed by atoms with Gasteiger partial charge in [0.15, 0.2) is 10.7 Å². The van der Waals surface area contributed by atoms with E-state index in [1.165, 1.54) is 16.7 Å². The van der Waals surface area contributed by atoms with Gasteiger partial charge in [0.2, 0.25) is 0 Å². The predicted octanol–water partition coefficient (Wildman–Crippen LogP) is 4.31. The number of hydrogen-bond acceptors (Lipinski definition) is 4. The van der Waals surface area contributed by atoms with Gasteiger partial charge < -0.3 is 10.2 Å². The molecule has 0 aliphatic carbocycles. The maximum atomic E-state index is 13.2. The van der Waals surface area contributed by atoms with Crippen molar-refractivity contribution in [2.45, 2.75) is 26.4 Å². The van der Waals surface area contributed by atoms with Crippen molar-refractivity contribution < 1.29 is 4.79 Å². The Balaban J connectivity index is 1.45. The van der Waals surface area contributed by atoms with Gasteiger partial charge in [0.1, 0.15) is 0 Å². The van der Waals surface area contributed by atoms with E-state index in [4.69, 9.17) is 0 Å². The first-order chi connectivity index (χ1) is 14.6. The van der Waals surface area contributed by atoms with Crippen LogP contribution >= 0.6 is 11.3 Å². The second-order valence-corrected chi connectivity index (χ2v) is 8.39. The van der Waals surface area contributed by atoms with Gasteiger partial charge in [-0.3, -0.25) is 9.20 Å². The van der Waals surface area contributed by atoms with E-state index >= 15 is 0 Å². The zero-order valence-corrected chi connectivity index (χ0v) is 18.2. The lowest BCUT2D eigenvalue weighted by Crippen LogP contribution is -2.30. The van der Waals surface area contributed by atoms with Gasteiger partial charge in [-0.2, -0.15) is 0 Å². The van der Waals surface area contributed by atoms with Crippen LogP contribution < -0.4 is 5.32 Å². The Morgan fingerprint density at radius 3 is 2.60 bits per heavy atom. The van der Waals surface area contributed by atoms with Crippen molar-refractivity contribution in [3.63, 3.8) is 0 Å². The molecule has 30 heavy (non-hydrogen) atoms. The van der Waals surface area contributed by atoms with Gasteiger partial charge in [-0.05, 0) is 24.5 Å². The number of aryl methyl sites for hydroxylation is 1. The molecule has 0 aliphatic rings. The molecule has 0 fully saturated rings. The average Bonchev–Trinajstić information content (AvgIpc) is 3.36. The van der Waals surface area contributed by atoms with Crippen LogP contribution in [0.5, 0.6) is 0 Å². The smallest absolute Gasteiger partial charge is 0.274 e. The van der Waals surface area contributed by atoms with Crippen molar-refractivity contribution in [1.29, 1.82) is 0 Å². The van der Waals surface area contributed by atoms with E-state index in [1.807, 2.05) is 41.2 Å².